The Hall–Kier alpha value is -1.66. The van der Waals surface area contributed by atoms with Crippen LogP contribution in [0.3, 0.4) is 0 Å². The number of H-pyrrole nitrogens is 1. The van der Waals surface area contributed by atoms with E-state index in [1.807, 2.05) is 0 Å². The van der Waals surface area contributed by atoms with Gasteiger partial charge in [-0.3, -0.25) is 4.79 Å². The van der Waals surface area contributed by atoms with Crippen LogP contribution < -0.4 is 5.56 Å². The Morgan fingerprint density at radius 1 is 1.47 bits per heavy atom. The van der Waals surface area contributed by atoms with Gasteiger partial charge in [0.1, 0.15) is 6.10 Å². The smallest absolute Gasteiger partial charge is 0.337 e. The van der Waals surface area contributed by atoms with Gasteiger partial charge in [-0.05, 0) is 11.6 Å². The number of ether oxygens (including phenoxy) is 1. The normalized spacial score (nSPS) is 14.3. The van der Waals surface area contributed by atoms with Crippen LogP contribution in [0.1, 0.15) is 11.7 Å². The standard InChI is InChI=1S/C9H11NO5/c1-15-9(14)8(13)7(12)5-2-3-6(11)10-4-5/h2-4,7-8,12-13H,1H3,(H,10,11). The van der Waals surface area contributed by atoms with E-state index in [1.165, 1.54) is 18.3 Å². The zero-order valence-electron chi connectivity index (χ0n) is 8.01. The molecule has 0 aliphatic heterocycles. The summed E-state index contributed by atoms with van der Waals surface area (Å²) < 4.78 is 4.26. The fourth-order valence-corrected chi connectivity index (χ4v) is 1.04. The van der Waals surface area contributed by atoms with Crippen LogP contribution in [0.25, 0.3) is 0 Å². The van der Waals surface area contributed by atoms with Crippen molar-refractivity contribution in [2.45, 2.75) is 12.2 Å². The van der Waals surface area contributed by atoms with Gasteiger partial charge in [0.05, 0.1) is 7.11 Å². The molecule has 1 aromatic heterocycles. The van der Waals surface area contributed by atoms with Crippen molar-refractivity contribution >= 4 is 5.97 Å². The van der Waals surface area contributed by atoms with Gasteiger partial charge in [0.15, 0.2) is 6.10 Å². The molecule has 0 fully saturated rings. The summed E-state index contributed by atoms with van der Waals surface area (Å²) in [6.45, 7) is 0. The number of pyridine rings is 1. The molecule has 15 heavy (non-hydrogen) atoms. The first-order valence-electron chi connectivity index (χ1n) is 4.19. The number of nitrogens with one attached hydrogen (secondary N) is 1. The summed E-state index contributed by atoms with van der Waals surface area (Å²) >= 11 is 0. The largest absolute Gasteiger partial charge is 0.467 e. The molecule has 0 saturated heterocycles. The van der Waals surface area contributed by atoms with Gasteiger partial charge in [-0.15, -0.1) is 0 Å². The van der Waals surface area contributed by atoms with Crippen molar-refractivity contribution in [1.82, 2.24) is 4.98 Å². The zero-order valence-corrected chi connectivity index (χ0v) is 8.01. The number of aliphatic hydroxyl groups is 2. The minimum atomic E-state index is -1.67. The molecular formula is C9H11NO5. The second kappa shape index (κ2) is 4.72. The molecular weight excluding hydrogens is 202 g/mol. The van der Waals surface area contributed by atoms with E-state index in [4.69, 9.17) is 0 Å². The quantitative estimate of drug-likeness (QED) is 0.556. The highest BCUT2D eigenvalue weighted by Crippen LogP contribution is 2.15. The van der Waals surface area contributed by atoms with Gasteiger partial charge in [-0.2, -0.15) is 0 Å². The Bertz CT molecular complexity index is 379. The third-order valence-electron chi connectivity index (χ3n) is 1.89. The molecule has 0 aliphatic carbocycles. The maximum absolute atomic E-state index is 10.9. The molecule has 6 nitrogen and oxygen atoms in total. The van der Waals surface area contributed by atoms with Gasteiger partial charge in [-0.1, -0.05) is 0 Å². The van der Waals surface area contributed by atoms with Gasteiger partial charge >= 0.3 is 5.97 Å². The molecule has 0 aromatic carbocycles. The molecule has 2 unspecified atom stereocenters. The molecule has 0 spiro atoms. The van der Waals surface area contributed by atoms with Crippen molar-refractivity contribution in [3.8, 4) is 0 Å². The first-order chi connectivity index (χ1) is 7.06. The maximum Gasteiger partial charge on any atom is 0.337 e. The summed E-state index contributed by atoms with van der Waals surface area (Å²) in [5.41, 5.74) is -0.106. The van der Waals surface area contributed by atoms with E-state index in [0.717, 1.165) is 7.11 Å². The van der Waals surface area contributed by atoms with E-state index >= 15 is 0 Å². The number of rotatable bonds is 3. The van der Waals surface area contributed by atoms with Crippen molar-refractivity contribution in [2.75, 3.05) is 7.11 Å². The summed E-state index contributed by atoms with van der Waals surface area (Å²) in [5.74, 6) is -0.936. The van der Waals surface area contributed by atoms with Crippen molar-refractivity contribution in [1.29, 1.82) is 0 Å². The molecule has 1 aromatic rings. The van der Waals surface area contributed by atoms with Crippen molar-refractivity contribution < 1.29 is 19.7 Å². The lowest BCUT2D eigenvalue weighted by Gasteiger charge is -2.15. The predicted molar refractivity (Wildman–Crippen MR) is 50.0 cm³/mol. The number of esters is 1. The Labute approximate surface area is 85.1 Å². The van der Waals surface area contributed by atoms with Crippen molar-refractivity contribution in [3.05, 3.63) is 34.2 Å². The Balaban J connectivity index is 2.84. The van der Waals surface area contributed by atoms with E-state index < -0.39 is 18.2 Å². The van der Waals surface area contributed by atoms with Crippen LogP contribution in [0.15, 0.2) is 23.1 Å². The number of hydrogen-bond donors (Lipinski definition) is 3. The molecule has 82 valence electrons. The Morgan fingerprint density at radius 3 is 2.60 bits per heavy atom. The van der Waals surface area contributed by atoms with Crippen LogP contribution in [0.4, 0.5) is 0 Å². The number of carbonyl (C=O) groups is 1. The highest BCUT2D eigenvalue weighted by Gasteiger charge is 2.26. The van der Waals surface area contributed by atoms with Crippen LogP contribution in [0.2, 0.25) is 0 Å². The van der Waals surface area contributed by atoms with Gasteiger partial charge in [0, 0.05) is 12.3 Å². The number of hydrogen-bond acceptors (Lipinski definition) is 5. The van der Waals surface area contributed by atoms with E-state index in [1.54, 1.807) is 0 Å². The summed E-state index contributed by atoms with van der Waals surface area (Å²) in [6.07, 6.45) is -1.87. The van der Waals surface area contributed by atoms with Gasteiger partial charge in [-0.25, -0.2) is 4.79 Å². The molecule has 1 rings (SSSR count). The number of aromatic nitrogens is 1. The summed E-state index contributed by atoms with van der Waals surface area (Å²) in [4.78, 5) is 23.9. The van der Waals surface area contributed by atoms with Crippen molar-refractivity contribution in [3.63, 3.8) is 0 Å². The third kappa shape index (κ3) is 2.64. The molecule has 0 saturated carbocycles. The second-order valence-corrected chi connectivity index (χ2v) is 2.90. The van der Waals surface area contributed by atoms with Gasteiger partial charge < -0.3 is 19.9 Å². The lowest BCUT2D eigenvalue weighted by molar-refractivity contribution is -0.156. The first kappa shape index (κ1) is 11.4. The topological polar surface area (TPSA) is 99.6 Å². The lowest BCUT2D eigenvalue weighted by Crippen LogP contribution is -2.29. The highest BCUT2D eigenvalue weighted by atomic mass is 16.5. The summed E-state index contributed by atoms with van der Waals surface area (Å²) in [7, 11) is 1.10. The van der Waals surface area contributed by atoms with Gasteiger partial charge in [0.25, 0.3) is 0 Å². The van der Waals surface area contributed by atoms with Crippen molar-refractivity contribution in [2.24, 2.45) is 0 Å². The fourth-order valence-electron chi connectivity index (χ4n) is 1.04. The maximum atomic E-state index is 10.9. The molecule has 0 aliphatic rings. The average molecular weight is 213 g/mol. The van der Waals surface area contributed by atoms with Crippen LogP contribution in [0, 0.1) is 0 Å². The van der Waals surface area contributed by atoms with Crippen LogP contribution in [-0.4, -0.2) is 34.4 Å². The first-order valence-corrected chi connectivity index (χ1v) is 4.19. The number of aliphatic hydroxyl groups excluding tert-OH is 2. The molecule has 6 heteroatoms. The van der Waals surface area contributed by atoms with E-state index in [2.05, 4.69) is 9.72 Å². The molecule has 2 atom stereocenters. The van der Waals surface area contributed by atoms with E-state index in [9.17, 15) is 19.8 Å². The average Bonchev–Trinajstić information content (AvgIpc) is 2.27. The molecule has 0 bridgehead atoms. The molecule has 0 radical (unpaired) electrons. The monoisotopic (exact) mass is 213 g/mol. The SMILES string of the molecule is COC(=O)C(O)C(O)c1ccc(=O)[nH]c1. The zero-order chi connectivity index (χ0) is 11.4. The Kier molecular flexibility index (Phi) is 3.59. The number of methoxy groups -OCH3 is 1. The fraction of sp³-hybridized carbons (Fsp3) is 0.333. The van der Waals surface area contributed by atoms with Crippen LogP contribution >= 0.6 is 0 Å². The number of aromatic amines is 1. The Morgan fingerprint density at radius 2 is 2.13 bits per heavy atom. The minimum absolute atomic E-state index is 0.229. The molecule has 1 heterocycles. The van der Waals surface area contributed by atoms with E-state index in [0.29, 0.717) is 0 Å². The lowest BCUT2D eigenvalue weighted by atomic mass is 10.1. The van der Waals surface area contributed by atoms with Gasteiger partial charge in [0.2, 0.25) is 5.56 Å². The summed E-state index contributed by atoms with van der Waals surface area (Å²) in [6, 6.07) is 2.50. The van der Waals surface area contributed by atoms with Crippen LogP contribution in [0.5, 0.6) is 0 Å². The predicted octanol–water partition coefficient (Wildman–Crippen LogP) is -1.06. The highest BCUT2D eigenvalue weighted by molar-refractivity contribution is 5.75. The van der Waals surface area contributed by atoms with Crippen LogP contribution in [-0.2, 0) is 9.53 Å². The third-order valence-corrected chi connectivity index (χ3v) is 1.89. The van der Waals surface area contributed by atoms with E-state index in [-0.39, 0.29) is 11.1 Å². The molecule has 0 amide bonds. The molecule has 3 N–H and O–H groups in total. The summed E-state index contributed by atoms with van der Waals surface area (Å²) in [5, 5.41) is 18.8. The second-order valence-electron chi connectivity index (χ2n) is 2.90. The minimum Gasteiger partial charge on any atom is -0.467 e. The number of carbonyl (C=O) groups excluding carboxylic acids is 1.